The average molecular weight is 500 g/mol. The lowest BCUT2D eigenvalue weighted by Gasteiger charge is -2.15. The number of nitrogens with one attached hydrogen (secondary N) is 1. The number of aromatic nitrogens is 3. The molecule has 9 heteroatoms. The maximum absolute atomic E-state index is 13.2. The Morgan fingerprint density at radius 2 is 1.76 bits per heavy atom. The number of pyridine rings is 3. The van der Waals surface area contributed by atoms with Gasteiger partial charge in [-0.2, -0.15) is 13.2 Å². The molecule has 0 radical (unpaired) electrons. The fourth-order valence-corrected chi connectivity index (χ4v) is 4.15. The molecule has 0 fully saturated rings. The smallest absolute Gasteiger partial charge is 0.322 e. The number of hydrogen-bond acceptors (Lipinski definition) is 4. The van der Waals surface area contributed by atoms with E-state index in [9.17, 15) is 22.8 Å². The van der Waals surface area contributed by atoms with Crippen molar-refractivity contribution < 1.29 is 18.0 Å². The molecule has 0 saturated heterocycles. The molecule has 0 bridgehead atoms. The second-order valence-corrected chi connectivity index (χ2v) is 8.42. The summed E-state index contributed by atoms with van der Waals surface area (Å²) in [5.41, 5.74) is 2.86. The van der Waals surface area contributed by atoms with Crippen molar-refractivity contribution in [2.75, 3.05) is 5.32 Å². The normalized spacial score (nSPS) is 11.6. The molecule has 0 saturated carbocycles. The second kappa shape index (κ2) is 9.02. The Bertz CT molecular complexity index is 1760. The van der Waals surface area contributed by atoms with E-state index in [0.29, 0.717) is 44.3 Å². The van der Waals surface area contributed by atoms with E-state index in [-0.39, 0.29) is 11.5 Å². The lowest BCUT2D eigenvalue weighted by Crippen LogP contribution is -2.18. The van der Waals surface area contributed by atoms with Crippen molar-refractivity contribution in [3.05, 3.63) is 107 Å². The van der Waals surface area contributed by atoms with Crippen LogP contribution in [-0.2, 0) is 11.0 Å². The van der Waals surface area contributed by atoms with E-state index in [1.807, 2.05) is 6.92 Å². The molecule has 0 atom stereocenters. The van der Waals surface area contributed by atoms with Crippen LogP contribution in [-0.4, -0.2) is 20.4 Å². The minimum Gasteiger partial charge on any atom is -0.322 e. The summed E-state index contributed by atoms with van der Waals surface area (Å²) in [7, 11) is 0. The predicted octanol–water partition coefficient (Wildman–Crippen LogP) is 6.05. The van der Waals surface area contributed by atoms with Crippen molar-refractivity contribution in [1.29, 1.82) is 0 Å². The molecule has 0 aliphatic carbocycles. The van der Waals surface area contributed by atoms with Gasteiger partial charge in [0.2, 0.25) is 5.91 Å². The van der Waals surface area contributed by atoms with Gasteiger partial charge in [0.05, 0.1) is 16.7 Å². The minimum absolute atomic E-state index is 0.300. The third kappa shape index (κ3) is 4.47. The number of alkyl halides is 3. The number of amides is 1. The van der Waals surface area contributed by atoms with E-state index in [0.717, 1.165) is 17.7 Å². The molecular formula is C28H19F3N4O2. The zero-order valence-electron chi connectivity index (χ0n) is 19.5. The van der Waals surface area contributed by atoms with Gasteiger partial charge in [-0.05, 0) is 60.5 Å². The molecule has 0 spiro atoms. The van der Waals surface area contributed by atoms with Crippen molar-refractivity contribution in [3.8, 4) is 16.8 Å². The molecule has 5 aromatic rings. The molecule has 0 aliphatic rings. The van der Waals surface area contributed by atoms with Crippen molar-refractivity contribution in [2.24, 2.45) is 0 Å². The molecule has 1 amide bonds. The first kappa shape index (κ1) is 23.9. The largest absolute Gasteiger partial charge is 0.433 e. The molecule has 37 heavy (non-hydrogen) atoms. The minimum atomic E-state index is -4.53. The van der Waals surface area contributed by atoms with Crippen LogP contribution in [0.3, 0.4) is 0 Å². The number of hydrogen-bond donors (Lipinski definition) is 1. The molecule has 184 valence electrons. The number of rotatable bonds is 4. The summed E-state index contributed by atoms with van der Waals surface area (Å²) in [6.45, 7) is 5.30. The lowest BCUT2D eigenvalue weighted by molar-refractivity contribution is -0.141. The van der Waals surface area contributed by atoms with Crippen LogP contribution in [0.25, 0.3) is 38.6 Å². The average Bonchev–Trinajstić information content (AvgIpc) is 2.89. The predicted molar refractivity (Wildman–Crippen MR) is 137 cm³/mol. The van der Waals surface area contributed by atoms with E-state index in [1.54, 1.807) is 48.7 Å². The molecule has 3 aromatic heterocycles. The SMILES string of the molecule is C=CC(=O)Nc1cc(-n2c(=O)ccc3cnc4ccc(-c5ccc(C(F)(F)F)nc5)cc4c32)ccc1C. The van der Waals surface area contributed by atoms with Crippen molar-refractivity contribution >= 4 is 33.4 Å². The van der Waals surface area contributed by atoms with Crippen LogP contribution in [0.1, 0.15) is 11.3 Å². The van der Waals surface area contributed by atoms with Gasteiger partial charge in [0, 0.05) is 40.5 Å². The van der Waals surface area contributed by atoms with Crippen LogP contribution in [0.15, 0.2) is 90.5 Å². The number of fused-ring (bicyclic) bond motifs is 3. The van der Waals surface area contributed by atoms with Crippen LogP contribution in [0.5, 0.6) is 0 Å². The number of carbonyl (C=O) groups is 1. The van der Waals surface area contributed by atoms with Crippen LogP contribution in [0.4, 0.5) is 18.9 Å². The Labute approximate surface area is 208 Å². The highest BCUT2D eigenvalue weighted by Crippen LogP contribution is 2.32. The topological polar surface area (TPSA) is 76.9 Å². The monoisotopic (exact) mass is 500 g/mol. The Morgan fingerprint density at radius 3 is 2.46 bits per heavy atom. The summed E-state index contributed by atoms with van der Waals surface area (Å²) in [6, 6.07) is 15.9. The summed E-state index contributed by atoms with van der Waals surface area (Å²) in [4.78, 5) is 33.1. The molecule has 0 aliphatic heterocycles. The van der Waals surface area contributed by atoms with E-state index < -0.39 is 11.9 Å². The van der Waals surface area contributed by atoms with Gasteiger partial charge in [0.15, 0.2) is 0 Å². The maximum Gasteiger partial charge on any atom is 0.433 e. The summed E-state index contributed by atoms with van der Waals surface area (Å²) in [5.74, 6) is -0.380. The third-order valence-corrected chi connectivity index (χ3v) is 6.03. The molecule has 1 N–H and O–H groups in total. The number of carbonyl (C=O) groups excluding carboxylic acids is 1. The standard InChI is InChI=1S/C28H19F3N4O2/c1-3-25(36)34-23-13-20(8-4-16(23)2)35-26(37)11-7-19-15-32-22-9-5-17(12-21(22)27(19)35)18-6-10-24(33-14-18)28(29,30)31/h3-15H,1H2,2H3,(H,34,36). The van der Waals surface area contributed by atoms with Gasteiger partial charge in [0.1, 0.15) is 5.69 Å². The second-order valence-electron chi connectivity index (χ2n) is 8.42. The number of benzene rings is 2. The van der Waals surface area contributed by atoms with E-state index >= 15 is 0 Å². The van der Waals surface area contributed by atoms with Gasteiger partial charge in [-0.1, -0.05) is 24.8 Å². The van der Waals surface area contributed by atoms with Gasteiger partial charge in [0.25, 0.3) is 5.56 Å². The van der Waals surface area contributed by atoms with Crippen molar-refractivity contribution in [1.82, 2.24) is 14.5 Å². The molecule has 0 unspecified atom stereocenters. The zero-order valence-corrected chi connectivity index (χ0v) is 19.5. The number of nitrogens with zero attached hydrogens (tertiary/aromatic N) is 3. The number of anilines is 1. The number of aryl methyl sites for hydroxylation is 1. The van der Waals surface area contributed by atoms with E-state index in [4.69, 9.17) is 0 Å². The Morgan fingerprint density at radius 1 is 0.973 bits per heavy atom. The summed E-state index contributed by atoms with van der Waals surface area (Å²) in [5, 5.41) is 4.07. The van der Waals surface area contributed by atoms with Crippen molar-refractivity contribution in [3.63, 3.8) is 0 Å². The maximum atomic E-state index is 13.2. The Hall–Kier alpha value is -4.79. The van der Waals surface area contributed by atoms with Gasteiger partial charge in [-0.25, -0.2) is 0 Å². The van der Waals surface area contributed by atoms with Crippen LogP contribution < -0.4 is 10.9 Å². The molecule has 5 rings (SSSR count). The number of halogens is 3. The molecule has 6 nitrogen and oxygen atoms in total. The highest BCUT2D eigenvalue weighted by molar-refractivity contribution is 6.05. The van der Waals surface area contributed by atoms with Gasteiger partial charge < -0.3 is 5.32 Å². The van der Waals surface area contributed by atoms with Crippen molar-refractivity contribution in [2.45, 2.75) is 13.1 Å². The van der Waals surface area contributed by atoms with Crippen LogP contribution in [0, 0.1) is 6.92 Å². The summed E-state index contributed by atoms with van der Waals surface area (Å²) >= 11 is 0. The first-order chi connectivity index (χ1) is 17.7. The molecule has 3 heterocycles. The van der Waals surface area contributed by atoms with Gasteiger partial charge in [-0.3, -0.25) is 24.1 Å². The fourth-order valence-electron chi connectivity index (χ4n) is 4.15. The molecular weight excluding hydrogens is 481 g/mol. The Balaban J connectivity index is 1.73. The lowest BCUT2D eigenvalue weighted by atomic mass is 10.0. The summed E-state index contributed by atoms with van der Waals surface area (Å²) < 4.78 is 40.4. The highest BCUT2D eigenvalue weighted by atomic mass is 19.4. The first-order valence-electron chi connectivity index (χ1n) is 11.2. The Kier molecular flexibility index (Phi) is 5.83. The van der Waals surface area contributed by atoms with E-state index in [2.05, 4.69) is 21.9 Å². The summed E-state index contributed by atoms with van der Waals surface area (Å²) in [6.07, 6.45) is -0.547. The quantitative estimate of drug-likeness (QED) is 0.241. The highest BCUT2D eigenvalue weighted by Gasteiger charge is 2.32. The zero-order chi connectivity index (χ0) is 26.3. The van der Waals surface area contributed by atoms with Gasteiger partial charge >= 0.3 is 6.18 Å². The van der Waals surface area contributed by atoms with Crippen LogP contribution >= 0.6 is 0 Å². The van der Waals surface area contributed by atoms with Gasteiger partial charge in [-0.15, -0.1) is 0 Å². The van der Waals surface area contributed by atoms with Crippen LogP contribution in [0.2, 0.25) is 0 Å². The fraction of sp³-hybridized carbons (Fsp3) is 0.0714. The first-order valence-corrected chi connectivity index (χ1v) is 11.2. The molecule has 2 aromatic carbocycles. The van der Waals surface area contributed by atoms with E-state index in [1.165, 1.54) is 22.9 Å². The third-order valence-electron chi connectivity index (χ3n) is 6.03.